The van der Waals surface area contributed by atoms with E-state index >= 15 is 0 Å². The zero-order valence-corrected chi connectivity index (χ0v) is 9.59. The Morgan fingerprint density at radius 2 is 2.12 bits per heavy atom. The largest absolute Gasteiger partial charge is 0.457 e. The number of aliphatic hydroxyl groups excluding tert-OH is 2. The van der Waals surface area contributed by atoms with E-state index in [2.05, 4.69) is 6.92 Å². The molecule has 0 radical (unpaired) electrons. The summed E-state index contributed by atoms with van der Waals surface area (Å²) in [5.41, 5.74) is 0. The van der Waals surface area contributed by atoms with Crippen LogP contribution in [0.3, 0.4) is 0 Å². The summed E-state index contributed by atoms with van der Waals surface area (Å²) in [7, 11) is 0. The van der Waals surface area contributed by atoms with Crippen molar-refractivity contribution in [2.24, 2.45) is 0 Å². The minimum atomic E-state index is -1.04. The lowest BCUT2D eigenvalue weighted by Gasteiger charge is -2.31. The quantitative estimate of drug-likeness (QED) is 0.524. The molecule has 2 N–H and O–H groups in total. The smallest absolute Gasteiger partial charge is 0.306 e. The third-order valence-corrected chi connectivity index (χ3v) is 2.61. The topological polar surface area (TPSA) is 76.0 Å². The van der Waals surface area contributed by atoms with Crippen LogP contribution in [0.15, 0.2) is 0 Å². The molecule has 3 atom stereocenters. The van der Waals surface area contributed by atoms with Gasteiger partial charge in [0.2, 0.25) is 0 Å². The predicted molar refractivity (Wildman–Crippen MR) is 56.9 cm³/mol. The second-order valence-electron chi connectivity index (χ2n) is 4.08. The van der Waals surface area contributed by atoms with Gasteiger partial charge in [0.05, 0.1) is 13.2 Å². The standard InChI is InChI=1S/C11H20O5/c1-2-3-4-5-10(13)16-9-7-15-6-8(12)11(9)14/h8-9,11-12,14H,2-7H2,1H3/t8-,9+,11-/m0/s1. The Kier molecular flexibility index (Phi) is 5.73. The molecule has 0 amide bonds. The summed E-state index contributed by atoms with van der Waals surface area (Å²) >= 11 is 0. The van der Waals surface area contributed by atoms with E-state index in [4.69, 9.17) is 9.47 Å². The van der Waals surface area contributed by atoms with Gasteiger partial charge in [0.1, 0.15) is 12.2 Å². The number of ether oxygens (including phenoxy) is 2. The predicted octanol–water partition coefficient (Wildman–Crippen LogP) is 0.231. The Balaban J connectivity index is 2.26. The Hall–Kier alpha value is -0.650. The van der Waals surface area contributed by atoms with Gasteiger partial charge in [0.15, 0.2) is 6.10 Å². The van der Waals surface area contributed by atoms with Crippen LogP contribution in [0.25, 0.3) is 0 Å². The SMILES string of the molecule is CCCCCC(=O)O[C@@H]1COC[C@H](O)[C@@H]1O. The Morgan fingerprint density at radius 1 is 1.38 bits per heavy atom. The summed E-state index contributed by atoms with van der Waals surface area (Å²) in [6, 6.07) is 0. The molecule has 16 heavy (non-hydrogen) atoms. The zero-order valence-electron chi connectivity index (χ0n) is 9.59. The molecule has 1 saturated heterocycles. The number of carbonyl (C=O) groups is 1. The number of rotatable bonds is 5. The van der Waals surface area contributed by atoms with Crippen molar-refractivity contribution >= 4 is 5.97 Å². The number of hydrogen-bond acceptors (Lipinski definition) is 5. The maximum absolute atomic E-state index is 11.4. The number of esters is 1. The average molecular weight is 232 g/mol. The van der Waals surface area contributed by atoms with Gasteiger partial charge < -0.3 is 19.7 Å². The maximum atomic E-state index is 11.4. The highest BCUT2D eigenvalue weighted by atomic mass is 16.6. The van der Waals surface area contributed by atoms with Crippen molar-refractivity contribution in [3.8, 4) is 0 Å². The fraction of sp³-hybridized carbons (Fsp3) is 0.909. The van der Waals surface area contributed by atoms with Crippen LogP contribution < -0.4 is 0 Å². The first-order chi connectivity index (χ1) is 7.65. The number of hydrogen-bond donors (Lipinski definition) is 2. The first kappa shape index (κ1) is 13.4. The fourth-order valence-corrected chi connectivity index (χ4v) is 1.60. The van der Waals surface area contributed by atoms with E-state index in [1.807, 2.05) is 0 Å². The molecule has 1 heterocycles. The molecule has 0 saturated carbocycles. The molecule has 1 aliphatic heterocycles. The summed E-state index contributed by atoms with van der Waals surface area (Å²) in [5.74, 6) is -0.338. The van der Waals surface area contributed by atoms with Crippen LogP contribution in [0.4, 0.5) is 0 Å². The number of carbonyl (C=O) groups excluding carboxylic acids is 1. The lowest BCUT2D eigenvalue weighted by atomic mass is 10.1. The van der Waals surface area contributed by atoms with Crippen LogP contribution in [0.2, 0.25) is 0 Å². The highest BCUT2D eigenvalue weighted by Gasteiger charge is 2.33. The van der Waals surface area contributed by atoms with E-state index in [0.29, 0.717) is 6.42 Å². The van der Waals surface area contributed by atoms with E-state index in [1.165, 1.54) is 0 Å². The van der Waals surface area contributed by atoms with Crippen LogP contribution in [0.5, 0.6) is 0 Å². The lowest BCUT2D eigenvalue weighted by Crippen LogP contribution is -2.49. The average Bonchev–Trinajstić information content (AvgIpc) is 2.25. The number of unbranched alkanes of at least 4 members (excludes halogenated alkanes) is 2. The second kappa shape index (κ2) is 6.83. The van der Waals surface area contributed by atoms with Gasteiger partial charge >= 0.3 is 5.97 Å². The van der Waals surface area contributed by atoms with Crippen molar-refractivity contribution in [1.82, 2.24) is 0 Å². The number of aliphatic hydroxyl groups is 2. The van der Waals surface area contributed by atoms with Gasteiger partial charge in [-0.05, 0) is 6.42 Å². The van der Waals surface area contributed by atoms with Crippen molar-refractivity contribution in [3.63, 3.8) is 0 Å². The molecule has 0 bridgehead atoms. The van der Waals surface area contributed by atoms with Crippen LogP contribution in [0.1, 0.15) is 32.6 Å². The molecule has 0 aromatic heterocycles. The first-order valence-corrected chi connectivity index (χ1v) is 5.78. The third kappa shape index (κ3) is 4.08. The molecule has 5 heteroatoms. The summed E-state index contributed by atoms with van der Waals surface area (Å²) in [6.07, 6.45) is 0.432. The van der Waals surface area contributed by atoms with E-state index < -0.39 is 18.3 Å². The zero-order chi connectivity index (χ0) is 12.0. The molecular formula is C11H20O5. The van der Waals surface area contributed by atoms with Crippen molar-refractivity contribution in [1.29, 1.82) is 0 Å². The summed E-state index contributed by atoms with van der Waals surface area (Å²) in [6.45, 7) is 2.29. The van der Waals surface area contributed by atoms with Crippen LogP contribution in [-0.2, 0) is 14.3 Å². The van der Waals surface area contributed by atoms with Gasteiger partial charge in [-0.25, -0.2) is 0 Å². The Bertz CT molecular complexity index is 218. The fourth-order valence-electron chi connectivity index (χ4n) is 1.60. The van der Waals surface area contributed by atoms with Crippen molar-refractivity contribution in [3.05, 3.63) is 0 Å². The van der Waals surface area contributed by atoms with Crippen LogP contribution in [0, 0.1) is 0 Å². The molecule has 5 nitrogen and oxygen atoms in total. The van der Waals surface area contributed by atoms with Crippen LogP contribution >= 0.6 is 0 Å². The third-order valence-electron chi connectivity index (χ3n) is 2.61. The molecule has 1 rings (SSSR count). The minimum Gasteiger partial charge on any atom is -0.457 e. The van der Waals surface area contributed by atoms with Crippen molar-refractivity contribution < 1.29 is 24.5 Å². The Labute approximate surface area is 95.4 Å². The summed E-state index contributed by atoms with van der Waals surface area (Å²) in [5, 5.41) is 18.9. The highest BCUT2D eigenvalue weighted by molar-refractivity contribution is 5.69. The molecule has 0 aromatic rings. The van der Waals surface area contributed by atoms with E-state index in [1.54, 1.807) is 0 Å². The van der Waals surface area contributed by atoms with Crippen LogP contribution in [-0.4, -0.2) is 47.7 Å². The van der Waals surface area contributed by atoms with Gasteiger partial charge in [0.25, 0.3) is 0 Å². The normalized spacial score (nSPS) is 30.1. The summed E-state index contributed by atoms with van der Waals surface area (Å²) < 4.78 is 10.1. The first-order valence-electron chi connectivity index (χ1n) is 5.78. The minimum absolute atomic E-state index is 0.0883. The molecule has 0 unspecified atom stereocenters. The highest BCUT2D eigenvalue weighted by Crippen LogP contribution is 2.13. The van der Waals surface area contributed by atoms with Crippen molar-refractivity contribution in [2.75, 3.05) is 13.2 Å². The lowest BCUT2D eigenvalue weighted by molar-refractivity contribution is -0.185. The van der Waals surface area contributed by atoms with Gasteiger partial charge in [-0.1, -0.05) is 19.8 Å². The van der Waals surface area contributed by atoms with Crippen molar-refractivity contribution in [2.45, 2.75) is 50.9 Å². The second-order valence-corrected chi connectivity index (χ2v) is 4.08. The Morgan fingerprint density at radius 3 is 2.81 bits per heavy atom. The van der Waals surface area contributed by atoms with Gasteiger partial charge in [-0.15, -0.1) is 0 Å². The van der Waals surface area contributed by atoms with E-state index in [-0.39, 0.29) is 19.2 Å². The summed E-state index contributed by atoms with van der Waals surface area (Å²) in [4.78, 5) is 11.4. The molecular weight excluding hydrogens is 212 g/mol. The molecule has 1 aliphatic rings. The monoisotopic (exact) mass is 232 g/mol. The molecule has 0 spiro atoms. The maximum Gasteiger partial charge on any atom is 0.306 e. The van der Waals surface area contributed by atoms with Gasteiger partial charge in [-0.2, -0.15) is 0 Å². The van der Waals surface area contributed by atoms with Gasteiger partial charge in [0, 0.05) is 6.42 Å². The molecule has 94 valence electrons. The van der Waals surface area contributed by atoms with E-state index in [9.17, 15) is 15.0 Å². The van der Waals surface area contributed by atoms with Gasteiger partial charge in [-0.3, -0.25) is 4.79 Å². The molecule has 0 aliphatic carbocycles. The molecule has 0 aromatic carbocycles. The molecule has 1 fully saturated rings. The van der Waals surface area contributed by atoms with E-state index in [0.717, 1.165) is 19.3 Å².